The van der Waals surface area contributed by atoms with Gasteiger partial charge in [-0.2, -0.15) is 9.57 Å². The number of sulfonamides is 1. The molecule has 1 aromatic carbocycles. The number of piperidine rings is 1. The van der Waals surface area contributed by atoms with E-state index >= 15 is 0 Å². The molecule has 136 valence electrons. The highest BCUT2D eigenvalue weighted by Gasteiger charge is 2.33. The first-order valence-electron chi connectivity index (χ1n) is 7.96. The highest BCUT2D eigenvalue weighted by Crippen LogP contribution is 2.27. The number of rotatable bonds is 4. The van der Waals surface area contributed by atoms with E-state index in [4.69, 9.17) is 16.9 Å². The van der Waals surface area contributed by atoms with Crippen LogP contribution in [0.3, 0.4) is 0 Å². The molecule has 0 bridgehead atoms. The Kier molecular flexibility index (Phi) is 5.63. The maximum atomic E-state index is 12.6. The first kappa shape index (κ1) is 18.9. The van der Waals surface area contributed by atoms with Gasteiger partial charge in [-0.15, -0.1) is 11.3 Å². The number of nitrogens with zero attached hydrogens (tertiary/aromatic N) is 2. The van der Waals surface area contributed by atoms with Gasteiger partial charge in [-0.3, -0.25) is 4.79 Å². The van der Waals surface area contributed by atoms with Crippen LogP contribution in [0.4, 0.5) is 5.69 Å². The van der Waals surface area contributed by atoms with Crippen LogP contribution in [0.15, 0.2) is 39.9 Å². The highest BCUT2D eigenvalue weighted by atomic mass is 35.5. The molecule has 0 radical (unpaired) electrons. The van der Waals surface area contributed by atoms with Crippen molar-refractivity contribution >= 4 is 44.6 Å². The zero-order valence-electron chi connectivity index (χ0n) is 13.7. The van der Waals surface area contributed by atoms with Gasteiger partial charge in [0.1, 0.15) is 10.3 Å². The number of hydrogen-bond donors (Lipinski definition) is 1. The zero-order valence-corrected chi connectivity index (χ0v) is 16.1. The number of hydrogen-bond acceptors (Lipinski definition) is 5. The summed E-state index contributed by atoms with van der Waals surface area (Å²) in [6.45, 7) is 0.558. The predicted molar refractivity (Wildman–Crippen MR) is 101 cm³/mol. The SMILES string of the molecule is N#Cc1ccc(NC(=O)C2CCCN(S(=O)(=O)c3cccs3)C2)cc1Cl. The molecule has 0 aliphatic carbocycles. The van der Waals surface area contributed by atoms with E-state index in [1.54, 1.807) is 23.6 Å². The van der Waals surface area contributed by atoms with Crippen LogP contribution in [-0.4, -0.2) is 31.7 Å². The second-order valence-electron chi connectivity index (χ2n) is 5.93. The van der Waals surface area contributed by atoms with Crippen LogP contribution in [0, 0.1) is 17.2 Å². The summed E-state index contributed by atoms with van der Waals surface area (Å²) in [7, 11) is -3.56. The second kappa shape index (κ2) is 7.76. The fraction of sp³-hybridized carbons (Fsp3) is 0.294. The van der Waals surface area contributed by atoms with Crippen molar-refractivity contribution in [3.63, 3.8) is 0 Å². The van der Waals surface area contributed by atoms with Gasteiger partial charge in [-0.05, 0) is 42.5 Å². The molecule has 9 heteroatoms. The fourth-order valence-electron chi connectivity index (χ4n) is 2.84. The maximum Gasteiger partial charge on any atom is 0.252 e. The molecule has 1 aliphatic rings. The van der Waals surface area contributed by atoms with E-state index < -0.39 is 15.9 Å². The zero-order chi connectivity index (χ0) is 18.7. The van der Waals surface area contributed by atoms with E-state index in [0.717, 1.165) is 0 Å². The molecule has 1 aromatic heterocycles. The number of carbonyl (C=O) groups excluding carboxylic acids is 1. The number of carbonyl (C=O) groups is 1. The molecule has 2 heterocycles. The molecule has 2 aromatic rings. The smallest absolute Gasteiger partial charge is 0.252 e. The van der Waals surface area contributed by atoms with Gasteiger partial charge in [0.25, 0.3) is 10.0 Å². The standard InChI is InChI=1S/C17H16ClN3O3S2/c18-15-9-14(6-5-12(15)10-19)20-17(22)13-3-1-7-21(11-13)26(23,24)16-4-2-8-25-16/h2,4-6,8-9,13H,1,3,7,11H2,(H,20,22). The minimum Gasteiger partial charge on any atom is -0.326 e. The average molecular weight is 410 g/mol. The Balaban J connectivity index is 1.70. The Bertz CT molecular complexity index is 952. The van der Waals surface area contributed by atoms with Crippen molar-refractivity contribution < 1.29 is 13.2 Å². The van der Waals surface area contributed by atoms with E-state index in [1.807, 2.05) is 6.07 Å². The van der Waals surface area contributed by atoms with Crippen molar-refractivity contribution in [3.8, 4) is 6.07 Å². The predicted octanol–water partition coefficient (Wildman–Crippen LogP) is 3.31. The van der Waals surface area contributed by atoms with E-state index in [2.05, 4.69) is 5.32 Å². The number of amides is 1. The first-order valence-corrected chi connectivity index (χ1v) is 10.7. The minimum atomic E-state index is -3.56. The van der Waals surface area contributed by atoms with Crippen LogP contribution in [0.1, 0.15) is 18.4 Å². The number of halogens is 1. The summed E-state index contributed by atoms with van der Waals surface area (Å²) in [6, 6.07) is 9.88. The molecule has 1 aliphatic heterocycles. The van der Waals surface area contributed by atoms with Crippen molar-refractivity contribution in [3.05, 3.63) is 46.3 Å². The third-order valence-corrected chi connectivity index (χ3v) is 7.75. The minimum absolute atomic E-state index is 0.149. The van der Waals surface area contributed by atoms with Crippen LogP contribution in [-0.2, 0) is 14.8 Å². The van der Waals surface area contributed by atoms with Crippen molar-refractivity contribution in [2.45, 2.75) is 17.1 Å². The monoisotopic (exact) mass is 409 g/mol. The number of nitrogens with one attached hydrogen (secondary N) is 1. The van der Waals surface area contributed by atoms with Crippen LogP contribution in [0.5, 0.6) is 0 Å². The normalized spacial score (nSPS) is 18.2. The van der Waals surface area contributed by atoms with Crippen molar-refractivity contribution in [1.29, 1.82) is 5.26 Å². The molecule has 1 unspecified atom stereocenters. The number of anilines is 1. The Morgan fingerprint density at radius 1 is 1.38 bits per heavy atom. The topological polar surface area (TPSA) is 90.3 Å². The summed E-state index contributed by atoms with van der Waals surface area (Å²) in [5.41, 5.74) is 0.813. The van der Waals surface area contributed by atoms with Crippen molar-refractivity contribution in [2.24, 2.45) is 5.92 Å². The van der Waals surface area contributed by atoms with Gasteiger partial charge >= 0.3 is 0 Å². The summed E-state index contributed by atoms with van der Waals surface area (Å²) >= 11 is 7.15. The lowest BCUT2D eigenvalue weighted by molar-refractivity contribution is -0.120. The molecule has 1 saturated heterocycles. The number of nitriles is 1. The summed E-state index contributed by atoms with van der Waals surface area (Å²) in [6.07, 6.45) is 1.24. The molecular formula is C17H16ClN3O3S2. The van der Waals surface area contributed by atoms with E-state index in [9.17, 15) is 13.2 Å². The van der Waals surface area contributed by atoms with Crippen LogP contribution in [0.2, 0.25) is 5.02 Å². The molecule has 26 heavy (non-hydrogen) atoms. The average Bonchev–Trinajstić information content (AvgIpc) is 3.17. The van der Waals surface area contributed by atoms with Crippen molar-refractivity contribution in [1.82, 2.24) is 4.31 Å². The van der Waals surface area contributed by atoms with Gasteiger partial charge in [0.2, 0.25) is 5.91 Å². The molecule has 6 nitrogen and oxygen atoms in total. The van der Waals surface area contributed by atoms with Crippen LogP contribution in [0.25, 0.3) is 0 Å². The molecule has 1 fully saturated rings. The van der Waals surface area contributed by atoms with Gasteiger partial charge in [0.15, 0.2) is 0 Å². The summed E-state index contributed by atoms with van der Waals surface area (Å²) in [5.74, 6) is -0.690. The third kappa shape index (κ3) is 3.91. The van der Waals surface area contributed by atoms with E-state index in [1.165, 1.54) is 27.8 Å². The molecular weight excluding hydrogens is 394 g/mol. The lowest BCUT2D eigenvalue weighted by Crippen LogP contribution is -2.43. The Hall–Kier alpha value is -1.92. The molecule has 1 atom stereocenters. The molecule has 3 rings (SSSR count). The number of benzene rings is 1. The molecule has 1 N–H and O–H groups in total. The summed E-state index contributed by atoms with van der Waals surface area (Å²) in [5, 5.41) is 13.6. The molecule has 0 spiro atoms. The van der Waals surface area contributed by atoms with Gasteiger partial charge < -0.3 is 5.32 Å². The maximum absolute atomic E-state index is 12.6. The lowest BCUT2D eigenvalue weighted by Gasteiger charge is -2.30. The van der Waals surface area contributed by atoms with Crippen molar-refractivity contribution in [2.75, 3.05) is 18.4 Å². The molecule has 1 amide bonds. The van der Waals surface area contributed by atoms with E-state index in [0.29, 0.717) is 30.6 Å². The second-order valence-corrected chi connectivity index (χ2v) is 9.45. The Morgan fingerprint density at radius 3 is 2.85 bits per heavy atom. The van der Waals surface area contributed by atoms with Gasteiger partial charge in [0, 0.05) is 18.8 Å². The molecule has 0 saturated carbocycles. The first-order chi connectivity index (χ1) is 12.4. The summed E-state index contributed by atoms with van der Waals surface area (Å²) < 4.78 is 27.0. The third-order valence-electron chi connectivity index (χ3n) is 4.20. The number of thiophene rings is 1. The highest BCUT2D eigenvalue weighted by molar-refractivity contribution is 7.91. The Labute approximate surface area is 161 Å². The van der Waals surface area contributed by atoms with Crippen LogP contribution < -0.4 is 5.32 Å². The van der Waals surface area contributed by atoms with Gasteiger partial charge in [-0.1, -0.05) is 17.7 Å². The van der Waals surface area contributed by atoms with Crippen LogP contribution >= 0.6 is 22.9 Å². The lowest BCUT2D eigenvalue weighted by atomic mass is 9.98. The van der Waals surface area contributed by atoms with E-state index in [-0.39, 0.29) is 21.7 Å². The van der Waals surface area contributed by atoms with Gasteiger partial charge in [0.05, 0.1) is 16.5 Å². The fourth-order valence-corrected chi connectivity index (χ4v) is 5.73. The van der Waals surface area contributed by atoms with Gasteiger partial charge in [-0.25, -0.2) is 8.42 Å². The Morgan fingerprint density at radius 2 is 2.19 bits per heavy atom. The quantitative estimate of drug-likeness (QED) is 0.838. The summed E-state index contributed by atoms with van der Waals surface area (Å²) in [4.78, 5) is 12.6. The largest absolute Gasteiger partial charge is 0.326 e.